The van der Waals surface area contributed by atoms with Crippen molar-refractivity contribution in [2.24, 2.45) is 0 Å². The Hall–Kier alpha value is -3.61. The Balaban J connectivity index is 1.74. The van der Waals surface area contributed by atoms with E-state index in [1.807, 2.05) is 56.3 Å². The second kappa shape index (κ2) is 8.85. The standard InChI is InChI=1S/C21H22N4O3/c1-14(2)22-21(26)23-17-9-6-8-16(13-17)20-24-19(28-25-20)12-11-15-7-4-5-10-18(15)27-3/h4-14H,1-3H3,(H2,22,23,26). The number of para-hydroxylation sites is 1. The van der Waals surface area contributed by atoms with Crippen LogP contribution in [-0.2, 0) is 0 Å². The molecule has 3 aromatic rings. The Bertz CT molecular complexity index is 979. The third-order valence-electron chi connectivity index (χ3n) is 3.78. The molecule has 2 aromatic carbocycles. The van der Waals surface area contributed by atoms with E-state index in [2.05, 4.69) is 20.8 Å². The summed E-state index contributed by atoms with van der Waals surface area (Å²) in [7, 11) is 1.62. The highest BCUT2D eigenvalue weighted by Crippen LogP contribution is 2.22. The fraction of sp³-hybridized carbons (Fsp3) is 0.190. The van der Waals surface area contributed by atoms with E-state index in [1.54, 1.807) is 25.3 Å². The first-order chi connectivity index (χ1) is 13.5. The zero-order valence-electron chi connectivity index (χ0n) is 16.0. The van der Waals surface area contributed by atoms with E-state index in [0.29, 0.717) is 17.4 Å². The molecule has 7 nitrogen and oxygen atoms in total. The summed E-state index contributed by atoms with van der Waals surface area (Å²) >= 11 is 0. The number of hydrogen-bond donors (Lipinski definition) is 2. The molecule has 0 aliphatic carbocycles. The van der Waals surface area contributed by atoms with Crippen LogP contribution in [0.1, 0.15) is 25.3 Å². The van der Waals surface area contributed by atoms with Gasteiger partial charge < -0.3 is 19.9 Å². The monoisotopic (exact) mass is 378 g/mol. The average molecular weight is 378 g/mol. The summed E-state index contributed by atoms with van der Waals surface area (Å²) in [5.74, 6) is 1.57. The zero-order chi connectivity index (χ0) is 19.9. The molecule has 3 rings (SSSR count). The van der Waals surface area contributed by atoms with Gasteiger partial charge in [-0.3, -0.25) is 0 Å². The molecule has 0 unspecified atom stereocenters. The maximum atomic E-state index is 11.9. The molecule has 1 aromatic heterocycles. The summed E-state index contributed by atoms with van der Waals surface area (Å²) in [6, 6.07) is 14.7. The van der Waals surface area contributed by atoms with Crippen LogP contribution in [0.3, 0.4) is 0 Å². The van der Waals surface area contributed by atoms with Gasteiger partial charge in [-0.25, -0.2) is 4.79 Å². The molecule has 0 radical (unpaired) electrons. The topological polar surface area (TPSA) is 89.3 Å². The third kappa shape index (κ3) is 4.97. The maximum absolute atomic E-state index is 11.9. The number of aromatic nitrogens is 2. The molecular weight excluding hydrogens is 356 g/mol. The van der Waals surface area contributed by atoms with E-state index in [1.165, 1.54) is 0 Å². The van der Waals surface area contributed by atoms with Crippen LogP contribution in [0.15, 0.2) is 53.1 Å². The van der Waals surface area contributed by atoms with Crippen LogP contribution in [0.25, 0.3) is 23.5 Å². The van der Waals surface area contributed by atoms with Crippen LogP contribution in [0.2, 0.25) is 0 Å². The number of benzene rings is 2. The number of amides is 2. The van der Waals surface area contributed by atoms with Crippen molar-refractivity contribution in [1.82, 2.24) is 15.5 Å². The SMILES string of the molecule is COc1ccccc1C=Cc1nc(-c2cccc(NC(=O)NC(C)C)c2)no1. The summed E-state index contributed by atoms with van der Waals surface area (Å²) < 4.78 is 10.6. The molecule has 0 saturated heterocycles. The number of rotatable bonds is 6. The van der Waals surface area contributed by atoms with Crippen molar-refractivity contribution in [3.05, 3.63) is 60.0 Å². The van der Waals surface area contributed by atoms with E-state index in [0.717, 1.165) is 16.9 Å². The van der Waals surface area contributed by atoms with Gasteiger partial charge in [0.15, 0.2) is 0 Å². The van der Waals surface area contributed by atoms with Gasteiger partial charge in [-0.05, 0) is 38.1 Å². The van der Waals surface area contributed by atoms with Crippen LogP contribution in [0.4, 0.5) is 10.5 Å². The first kappa shape index (κ1) is 19.2. The number of methoxy groups -OCH3 is 1. The van der Waals surface area contributed by atoms with Gasteiger partial charge in [0, 0.05) is 28.9 Å². The molecule has 0 atom stereocenters. The Labute approximate surface area is 163 Å². The first-order valence-corrected chi connectivity index (χ1v) is 8.88. The van der Waals surface area contributed by atoms with Crippen LogP contribution in [0.5, 0.6) is 5.75 Å². The number of anilines is 1. The van der Waals surface area contributed by atoms with Gasteiger partial charge in [-0.2, -0.15) is 4.98 Å². The highest BCUT2D eigenvalue weighted by Gasteiger charge is 2.09. The highest BCUT2D eigenvalue weighted by atomic mass is 16.5. The van der Waals surface area contributed by atoms with Crippen LogP contribution < -0.4 is 15.4 Å². The highest BCUT2D eigenvalue weighted by molar-refractivity contribution is 5.90. The summed E-state index contributed by atoms with van der Waals surface area (Å²) in [5, 5.41) is 9.58. The number of urea groups is 1. The van der Waals surface area contributed by atoms with Gasteiger partial charge in [-0.15, -0.1) is 0 Å². The molecule has 0 fully saturated rings. The van der Waals surface area contributed by atoms with Gasteiger partial charge in [-0.1, -0.05) is 35.5 Å². The lowest BCUT2D eigenvalue weighted by molar-refractivity contribution is 0.250. The van der Waals surface area contributed by atoms with Crippen LogP contribution in [0, 0.1) is 0 Å². The lowest BCUT2D eigenvalue weighted by Crippen LogP contribution is -2.34. The zero-order valence-corrected chi connectivity index (χ0v) is 16.0. The number of nitrogens with zero attached hydrogens (tertiary/aromatic N) is 2. The minimum atomic E-state index is -0.263. The van der Waals surface area contributed by atoms with Crippen molar-refractivity contribution < 1.29 is 14.1 Å². The molecule has 7 heteroatoms. The van der Waals surface area contributed by atoms with Crippen molar-refractivity contribution in [3.63, 3.8) is 0 Å². The lowest BCUT2D eigenvalue weighted by Gasteiger charge is -2.10. The molecule has 144 valence electrons. The molecule has 1 heterocycles. The van der Waals surface area contributed by atoms with Gasteiger partial charge in [0.25, 0.3) is 5.89 Å². The first-order valence-electron chi connectivity index (χ1n) is 8.88. The van der Waals surface area contributed by atoms with Gasteiger partial charge >= 0.3 is 6.03 Å². The minimum absolute atomic E-state index is 0.0537. The Kier molecular flexibility index (Phi) is 6.06. The van der Waals surface area contributed by atoms with Crippen LogP contribution in [-0.4, -0.2) is 29.3 Å². The van der Waals surface area contributed by atoms with Crippen molar-refractivity contribution in [2.45, 2.75) is 19.9 Å². The summed E-state index contributed by atoms with van der Waals surface area (Å²) in [6.45, 7) is 3.80. The van der Waals surface area contributed by atoms with Gasteiger partial charge in [0.2, 0.25) is 5.82 Å². The summed E-state index contributed by atoms with van der Waals surface area (Å²) in [4.78, 5) is 16.2. The lowest BCUT2D eigenvalue weighted by atomic mass is 10.2. The normalized spacial score (nSPS) is 11.0. The molecule has 0 bridgehead atoms. The number of hydrogen-bond acceptors (Lipinski definition) is 5. The fourth-order valence-electron chi connectivity index (χ4n) is 2.55. The molecule has 0 aliphatic rings. The van der Waals surface area contributed by atoms with Gasteiger partial charge in [0.1, 0.15) is 5.75 Å². The van der Waals surface area contributed by atoms with E-state index in [9.17, 15) is 4.79 Å². The Morgan fingerprint density at radius 2 is 1.96 bits per heavy atom. The average Bonchev–Trinajstić information content (AvgIpc) is 3.15. The molecule has 0 aliphatic heterocycles. The summed E-state index contributed by atoms with van der Waals surface area (Å²) in [5.41, 5.74) is 2.29. The maximum Gasteiger partial charge on any atom is 0.319 e. The van der Waals surface area contributed by atoms with E-state index in [-0.39, 0.29) is 12.1 Å². The predicted octanol–water partition coefficient (Wildman–Crippen LogP) is 4.45. The molecular formula is C21H22N4O3. The number of carbonyl (C=O) groups excluding carboxylic acids is 1. The quantitative estimate of drug-likeness (QED) is 0.662. The van der Waals surface area contributed by atoms with Crippen molar-refractivity contribution in [2.75, 3.05) is 12.4 Å². The smallest absolute Gasteiger partial charge is 0.319 e. The molecule has 0 spiro atoms. The van der Waals surface area contributed by atoms with Crippen molar-refractivity contribution >= 4 is 23.9 Å². The molecule has 2 amide bonds. The number of carbonyl (C=O) groups is 1. The van der Waals surface area contributed by atoms with Gasteiger partial charge in [0.05, 0.1) is 7.11 Å². The third-order valence-corrected chi connectivity index (χ3v) is 3.78. The number of ether oxygens (including phenoxy) is 1. The Morgan fingerprint density at radius 3 is 2.75 bits per heavy atom. The predicted molar refractivity (Wildman–Crippen MR) is 109 cm³/mol. The van der Waals surface area contributed by atoms with Crippen molar-refractivity contribution in [3.8, 4) is 17.1 Å². The summed E-state index contributed by atoms with van der Waals surface area (Å²) in [6.07, 6.45) is 3.58. The van der Waals surface area contributed by atoms with Crippen molar-refractivity contribution in [1.29, 1.82) is 0 Å². The Morgan fingerprint density at radius 1 is 1.14 bits per heavy atom. The van der Waals surface area contributed by atoms with E-state index < -0.39 is 0 Å². The fourth-order valence-corrected chi connectivity index (χ4v) is 2.55. The molecule has 2 N–H and O–H groups in total. The molecule has 28 heavy (non-hydrogen) atoms. The van der Waals surface area contributed by atoms with E-state index >= 15 is 0 Å². The second-order valence-corrected chi connectivity index (χ2v) is 6.37. The van der Waals surface area contributed by atoms with E-state index in [4.69, 9.17) is 9.26 Å². The van der Waals surface area contributed by atoms with Crippen LogP contribution >= 0.6 is 0 Å². The molecule has 0 saturated carbocycles. The second-order valence-electron chi connectivity index (χ2n) is 6.37. The largest absolute Gasteiger partial charge is 0.496 e. The number of nitrogens with one attached hydrogen (secondary N) is 2. The minimum Gasteiger partial charge on any atom is -0.496 e.